The Bertz CT molecular complexity index is 979. The molecule has 0 heterocycles. The van der Waals surface area contributed by atoms with E-state index in [2.05, 4.69) is 19.2 Å². The number of aryl methyl sites for hydroxylation is 1. The second-order valence-corrected chi connectivity index (χ2v) is 12.3. The topological polar surface area (TPSA) is 98.5 Å². The summed E-state index contributed by atoms with van der Waals surface area (Å²) in [4.78, 5) is 12.7. The van der Waals surface area contributed by atoms with Crippen molar-refractivity contribution in [2.45, 2.75) is 109 Å². The van der Waals surface area contributed by atoms with Gasteiger partial charge in [0.05, 0.1) is 0 Å². The van der Waals surface area contributed by atoms with Crippen LogP contribution in [0.5, 0.6) is 5.75 Å². The average Bonchev–Trinajstić information content (AvgIpc) is 3.11. The van der Waals surface area contributed by atoms with Crippen molar-refractivity contribution in [2.75, 3.05) is 0 Å². The number of rotatable bonds is 10. The minimum Gasteiger partial charge on any atom is -0.371 e. The molecule has 1 amide bonds. The van der Waals surface area contributed by atoms with Crippen molar-refractivity contribution in [3.63, 3.8) is 0 Å². The van der Waals surface area contributed by atoms with E-state index >= 15 is 0 Å². The zero-order valence-electron chi connectivity index (χ0n) is 20.9. The van der Waals surface area contributed by atoms with Crippen LogP contribution in [-0.2, 0) is 21.5 Å². The Morgan fingerprint density at radius 3 is 2.65 bits per heavy atom. The summed E-state index contributed by atoms with van der Waals surface area (Å²) in [5.74, 6) is 2.29. The van der Waals surface area contributed by atoms with E-state index in [0.29, 0.717) is 29.9 Å². The summed E-state index contributed by atoms with van der Waals surface area (Å²) in [5, 5.41) is 8.48. The van der Waals surface area contributed by atoms with E-state index in [4.69, 9.17) is 9.32 Å². The second kappa shape index (κ2) is 10.6. The summed E-state index contributed by atoms with van der Waals surface area (Å²) in [6, 6.07) is 5.92. The highest BCUT2D eigenvalue weighted by molar-refractivity contribution is 7.84. The molecule has 7 heteroatoms. The highest BCUT2D eigenvalue weighted by atomic mass is 32.2. The van der Waals surface area contributed by atoms with Gasteiger partial charge < -0.3 is 9.50 Å². The van der Waals surface area contributed by atoms with Crippen molar-refractivity contribution >= 4 is 16.2 Å². The molecule has 3 aliphatic rings. The van der Waals surface area contributed by atoms with Crippen molar-refractivity contribution in [3.8, 4) is 5.75 Å². The van der Waals surface area contributed by atoms with E-state index < -0.39 is 10.3 Å². The van der Waals surface area contributed by atoms with Crippen LogP contribution in [0.25, 0.3) is 0 Å². The highest BCUT2D eigenvalue weighted by Crippen LogP contribution is 2.61. The van der Waals surface area contributed by atoms with Gasteiger partial charge in [-0.1, -0.05) is 52.0 Å². The Morgan fingerprint density at radius 1 is 1.12 bits per heavy atom. The fourth-order valence-corrected chi connectivity index (χ4v) is 7.69. The van der Waals surface area contributed by atoms with Gasteiger partial charge >= 0.3 is 10.3 Å². The summed E-state index contributed by atoms with van der Waals surface area (Å²) in [6.07, 6.45) is 14.4. The number of hydrogen-bond acceptors (Lipinski definition) is 4. The number of hydrogen-bond donors (Lipinski definition) is 2. The van der Waals surface area contributed by atoms with Crippen molar-refractivity contribution < 1.29 is 17.4 Å². The zero-order chi connectivity index (χ0) is 24.3. The fourth-order valence-electron chi connectivity index (χ4n) is 7.31. The van der Waals surface area contributed by atoms with Crippen molar-refractivity contribution in [3.05, 3.63) is 29.3 Å². The van der Waals surface area contributed by atoms with Gasteiger partial charge in [-0.05, 0) is 91.4 Å². The number of nitrogens with two attached hydrogens (primary N) is 1. The number of carbonyl (C=O) groups excluding carboxylic acids is 1. The normalized spacial score (nSPS) is 30.2. The summed E-state index contributed by atoms with van der Waals surface area (Å²) in [5.41, 5.74) is 2.70. The van der Waals surface area contributed by atoms with Crippen molar-refractivity contribution in [2.24, 2.45) is 22.4 Å². The maximum Gasteiger partial charge on any atom is 0.380 e. The lowest BCUT2D eigenvalue weighted by Gasteiger charge is -2.51. The van der Waals surface area contributed by atoms with Gasteiger partial charge in [-0.15, -0.1) is 0 Å². The first-order valence-electron chi connectivity index (χ1n) is 13.4. The van der Waals surface area contributed by atoms with Gasteiger partial charge in [0.1, 0.15) is 5.75 Å². The van der Waals surface area contributed by atoms with Gasteiger partial charge in [0, 0.05) is 12.5 Å². The molecule has 0 bridgehead atoms. The first kappa shape index (κ1) is 25.5. The lowest BCUT2D eigenvalue weighted by Crippen LogP contribution is -2.50. The minimum atomic E-state index is -4.01. The van der Waals surface area contributed by atoms with E-state index in [1.54, 1.807) is 6.07 Å². The standard InChI is InChI=1S/C27H42N2O4S/c1-3-4-5-6-7-8-9-26(30)29-25-15-14-24-23-12-10-19-18-20(33-34(28,31)32)11-13-21(19)22(23)16-17-27(24,25)2/h11,13,18,22-25H,3-10,12,14-17H2,1-2H3,(H,29,30)(H2,28,31,32)/t22-,23-,24+,25+,27+/m1/s1. The lowest BCUT2D eigenvalue weighted by atomic mass is 9.55. The van der Waals surface area contributed by atoms with Crippen LogP contribution in [0.3, 0.4) is 0 Å². The lowest BCUT2D eigenvalue weighted by molar-refractivity contribution is -0.123. The van der Waals surface area contributed by atoms with E-state index in [0.717, 1.165) is 44.9 Å². The molecule has 4 rings (SSSR count). The molecule has 5 atom stereocenters. The van der Waals surface area contributed by atoms with Crippen LogP contribution >= 0.6 is 0 Å². The van der Waals surface area contributed by atoms with Crippen LogP contribution in [0, 0.1) is 17.3 Å². The third kappa shape index (κ3) is 5.62. The molecule has 3 N–H and O–H groups in total. The summed E-state index contributed by atoms with van der Waals surface area (Å²) in [6.45, 7) is 4.64. The van der Waals surface area contributed by atoms with Crippen LogP contribution in [0.2, 0.25) is 0 Å². The molecule has 0 spiro atoms. The van der Waals surface area contributed by atoms with Gasteiger partial charge in [0.15, 0.2) is 0 Å². The molecule has 34 heavy (non-hydrogen) atoms. The molecule has 1 aromatic rings. The average molecular weight is 491 g/mol. The maximum absolute atomic E-state index is 12.7. The number of fused-ring (bicyclic) bond motifs is 5. The van der Waals surface area contributed by atoms with Crippen molar-refractivity contribution in [1.82, 2.24) is 5.32 Å². The Kier molecular flexibility index (Phi) is 7.92. The molecular weight excluding hydrogens is 448 g/mol. The largest absolute Gasteiger partial charge is 0.380 e. The molecule has 0 aliphatic heterocycles. The third-order valence-electron chi connectivity index (χ3n) is 9.00. The van der Waals surface area contributed by atoms with Crippen molar-refractivity contribution in [1.29, 1.82) is 0 Å². The summed E-state index contributed by atoms with van der Waals surface area (Å²) < 4.78 is 27.5. The molecule has 0 unspecified atom stereocenters. The summed E-state index contributed by atoms with van der Waals surface area (Å²) in [7, 11) is -4.01. The predicted octanol–water partition coefficient (Wildman–Crippen LogP) is 5.36. The number of nitrogens with one attached hydrogen (secondary N) is 1. The van der Waals surface area contributed by atoms with Gasteiger partial charge in [-0.25, -0.2) is 0 Å². The highest BCUT2D eigenvalue weighted by Gasteiger charge is 2.55. The zero-order valence-corrected chi connectivity index (χ0v) is 21.7. The Morgan fingerprint density at radius 2 is 1.88 bits per heavy atom. The van der Waals surface area contributed by atoms with E-state index in [1.807, 2.05) is 12.1 Å². The van der Waals surface area contributed by atoms with E-state index in [-0.39, 0.29) is 17.4 Å². The fraction of sp³-hybridized carbons (Fsp3) is 0.741. The van der Waals surface area contributed by atoms with Crippen LogP contribution in [0.1, 0.15) is 108 Å². The Hall–Kier alpha value is -1.60. The molecule has 190 valence electrons. The maximum atomic E-state index is 12.7. The smallest absolute Gasteiger partial charge is 0.371 e. The molecule has 2 saturated carbocycles. The molecular formula is C27H42N2O4S. The third-order valence-corrected chi connectivity index (χ3v) is 9.43. The number of carbonyl (C=O) groups is 1. The van der Waals surface area contributed by atoms with E-state index in [9.17, 15) is 13.2 Å². The monoisotopic (exact) mass is 490 g/mol. The van der Waals surface area contributed by atoms with Crippen LogP contribution in [-0.4, -0.2) is 20.4 Å². The molecule has 3 aliphatic carbocycles. The molecule has 0 saturated heterocycles. The molecule has 0 radical (unpaired) electrons. The van der Waals surface area contributed by atoms with Crippen LogP contribution < -0.4 is 14.6 Å². The molecule has 0 aromatic heterocycles. The first-order valence-corrected chi connectivity index (χ1v) is 14.8. The second-order valence-electron chi connectivity index (χ2n) is 11.1. The van der Waals surface area contributed by atoms with Gasteiger partial charge in [0.2, 0.25) is 5.91 Å². The molecule has 2 fully saturated rings. The molecule has 6 nitrogen and oxygen atoms in total. The first-order chi connectivity index (χ1) is 16.2. The van der Waals surface area contributed by atoms with Gasteiger partial charge in [-0.3, -0.25) is 4.79 Å². The minimum absolute atomic E-state index is 0.173. The quantitative estimate of drug-likeness (QED) is 0.431. The molecule has 1 aromatic carbocycles. The number of benzene rings is 1. The van der Waals surface area contributed by atoms with Gasteiger partial charge in [0.25, 0.3) is 0 Å². The van der Waals surface area contributed by atoms with Crippen LogP contribution in [0.15, 0.2) is 18.2 Å². The number of unbranched alkanes of at least 4 members (excludes halogenated alkanes) is 5. The summed E-state index contributed by atoms with van der Waals surface area (Å²) >= 11 is 0. The van der Waals surface area contributed by atoms with Crippen LogP contribution in [0.4, 0.5) is 0 Å². The van der Waals surface area contributed by atoms with Gasteiger partial charge in [-0.2, -0.15) is 13.6 Å². The van der Waals surface area contributed by atoms with E-state index in [1.165, 1.54) is 43.2 Å². The SMILES string of the molecule is CCCCCCCCC(=O)N[C@H]1CC[C@H]2[C@@H]3CCc4cc(OS(N)(=O)=O)ccc4[C@H]3CC[C@]12C. The Balaban J connectivity index is 1.36. The number of amides is 1. The Labute approximate surface area is 205 Å². The predicted molar refractivity (Wildman–Crippen MR) is 135 cm³/mol.